The van der Waals surface area contributed by atoms with Crippen LogP contribution in [-0.2, 0) is 16.0 Å². The molecule has 0 saturated carbocycles. The molecule has 3 aromatic rings. The summed E-state index contributed by atoms with van der Waals surface area (Å²) in [5.74, 6) is -1.34. The highest BCUT2D eigenvalue weighted by Gasteiger charge is 2.36. The van der Waals surface area contributed by atoms with E-state index in [1.807, 2.05) is 13.0 Å². The van der Waals surface area contributed by atoms with E-state index in [9.17, 15) is 18.8 Å². The zero-order chi connectivity index (χ0) is 24.2. The molecule has 4 rings (SSSR count). The number of carbonyl (C=O) groups excluding carboxylic acids is 3. The fraction of sp³-hybridized carbons (Fsp3) is 0.115. The summed E-state index contributed by atoms with van der Waals surface area (Å²) in [7, 11) is 0. The SMILES string of the molecule is CCOc1cc(/C=C2\C(=O)NC(=O)N(c3cccc(Cl)c3)C2=O)ccc1Cc1cccc(F)c1. The summed E-state index contributed by atoms with van der Waals surface area (Å²) in [5.41, 5.74) is 2.17. The van der Waals surface area contributed by atoms with Crippen molar-refractivity contribution in [1.82, 2.24) is 5.32 Å². The second kappa shape index (κ2) is 9.89. The highest BCUT2D eigenvalue weighted by atomic mass is 35.5. The Balaban J connectivity index is 1.67. The van der Waals surface area contributed by atoms with Crippen molar-refractivity contribution in [3.63, 3.8) is 0 Å². The van der Waals surface area contributed by atoms with E-state index < -0.39 is 17.8 Å². The minimum Gasteiger partial charge on any atom is -0.494 e. The van der Waals surface area contributed by atoms with Gasteiger partial charge in [0.05, 0.1) is 12.3 Å². The average Bonchev–Trinajstić information content (AvgIpc) is 2.78. The molecule has 0 aromatic heterocycles. The zero-order valence-electron chi connectivity index (χ0n) is 18.2. The summed E-state index contributed by atoms with van der Waals surface area (Å²) in [5, 5.41) is 2.53. The standard InChI is InChI=1S/C26H20ClFN2O4/c1-2-34-23-14-17(9-10-18(23)11-16-5-3-7-20(28)12-16)13-22-24(31)29-26(33)30(25(22)32)21-8-4-6-19(27)15-21/h3-10,12-15H,2,11H2,1H3,(H,29,31,33)/b22-13+. The summed E-state index contributed by atoms with van der Waals surface area (Å²) in [6.07, 6.45) is 1.84. The van der Waals surface area contributed by atoms with Gasteiger partial charge in [0.15, 0.2) is 0 Å². The van der Waals surface area contributed by atoms with E-state index in [0.717, 1.165) is 16.0 Å². The van der Waals surface area contributed by atoms with Crippen molar-refractivity contribution >= 4 is 41.2 Å². The molecule has 3 aromatic carbocycles. The van der Waals surface area contributed by atoms with Gasteiger partial charge >= 0.3 is 6.03 Å². The van der Waals surface area contributed by atoms with Crippen LogP contribution >= 0.6 is 11.6 Å². The first-order chi connectivity index (χ1) is 16.4. The number of anilines is 1. The van der Waals surface area contributed by atoms with Crippen molar-refractivity contribution in [2.75, 3.05) is 11.5 Å². The number of rotatable bonds is 6. The maximum atomic E-state index is 13.6. The molecule has 0 spiro atoms. The number of carbonyl (C=O) groups is 3. The molecule has 0 bridgehead atoms. The Bertz CT molecular complexity index is 1320. The van der Waals surface area contributed by atoms with E-state index in [1.54, 1.807) is 42.5 Å². The molecule has 34 heavy (non-hydrogen) atoms. The van der Waals surface area contributed by atoms with Gasteiger partial charge in [0.1, 0.15) is 17.1 Å². The number of hydrogen-bond donors (Lipinski definition) is 1. The molecule has 0 aliphatic carbocycles. The summed E-state index contributed by atoms with van der Waals surface area (Å²) in [6, 6.07) is 16.9. The second-order valence-electron chi connectivity index (χ2n) is 7.54. The molecule has 1 saturated heterocycles. The quantitative estimate of drug-likeness (QED) is 0.393. The molecule has 172 valence electrons. The third-order valence-corrected chi connectivity index (χ3v) is 5.39. The van der Waals surface area contributed by atoms with Crippen LogP contribution in [0.25, 0.3) is 6.08 Å². The summed E-state index contributed by atoms with van der Waals surface area (Å²) < 4.78 is 19.3. The minimum absolute atomic E-state index is 0.208. The van der Waals surface area contributed by atoms with E-state index in [1.165, 1.54) is 24.3 Å². The first-order valence-electron chi connectivity index (χ1n) is 10.5. The van der Waals surface area contributed by atoms with E-state index in [-0.39, 0.29) is 17.1 Å². The lowest BCUT2D eigenvalue weighted by Crippen LogP contribution is -2.54. The van der Waals surface area contributed by atoms with Crippen molar-refractivity contribution in [3.05, 3.63) is 99.8 Å². The number of barbiturate groups is 1. The fourth-order valence-electron chi connectivity index (χ4n) is 3.64. The van der Waals surface area contributed by atoms with Crippen molar-refractivity contribution in [2.24, 2.45) is 0 Å². The van der Waals surface area contributed by atoms with Crippen molar-refractivity contribution in [2.45, 2.75) is 13.3 Å². The Morgan fingerprint density at radius 1 is 1.03 bits per heavy atom. The van der Waals surface area contributed by atoms with Crippen LogP contribution in [0.1, 0.15) is 23.6 Å². The monoisotopic (exact) mass is 478 g/mol. The molecule has 0 radical (unpaired) electrons. The normalized spacial score (nSPS) is 15.0. The molecule has 6 nitrogen and oxygen atoms in total. The van der Waals surface area contributed by atoms with Gasteiger partial charge in [0.25, 0.3) is 11.8 Å². The predicted molar refractivity (Wildman–Crippen MR) is 127 cm³/mol. The Morgan fingerprint density at radius 3 is 2.56 bits per heavy atom. The van der Waals surface area contributed by atoms with Crippen LogP contribution in [0.15, 0.2) is 72.3 Å². The largest absolute Gasteiger partial charge is 0.494 e. The molecular formula is C26H20ClFN2O4. The average molecular weight is 479 g/mol. The number of ether oxygens (including phenoxy) is 1. The molecule has 1 fully saturated rings. The third-order valence-electron chi connectivity index (χ3n) is 5.15. The van der Waals surface area contributed by atoms with E-state index in [4.69, 9.17) is 16.3 Å². The molecule has 1 aliphatic heterocycles. The number of amides is 4. The van der Waals surface area contributed by atoms with Crippen LogP contribution in [0.2, 0.25) is 5.02 Å². The first kappa shape index (κ1) is 23.2. The summed E-state index contributed by atoms with van der Waals surface area (Å²) >= 11 is 6.00. The lowest BCUT2D eigenvalue weighted by atomic mass is 10.0. The Kier molecular flexibility index (Phi) is 6.75. The smallest absolute Gasteiger partial charge is 0.335 e. The van der Waals surface area contributed by atoms with Crippen molar-refractivity contribution in [1.29, 1.82) is 0 Å². The molecule has 8 heteroatoms. The number of urea groups is 1. The van der Waals surface area contributed by atoms with Crippen LogP contribution in [0.5, 0.6) is 5.75 Å². The molecule has 1 aliphatic rings. The molecule has 4 amide bonds. The molecule has 0 atom stereocenters. The Morgan fingerprint density at radius 2 is 1.82 bits per heavy atom. The zero-order valence-corrected chi connectivity index (χ0v) is 18.9. The van der Waals surface area contributed by atoms with Crippen LogP contribution in [0, 0.1) is 5.82 Å². The van der Waals surface area contributed by atoms with Crippen LogP contribution in [0.4, 0.5) is 14.9 Å². The number of hydrogen-bond acceptors (Lipinski definition) is 4. The van der Waals surface area contributed by atoms with E-state index >= 15 is 0 Å². The highest BCUT2D eigenvalue weighted by molar-refractivity contribution is 6.39. The molecular weight excluding hydrogens is 459 g/mol. The van der Waals surface area contributed by atoms with Gasteiger partial charge in [0.2, 0.25) is 0 Å². The van der Waals surface area contributed by atoms with Crippen LogP contribution in [-0.4, -0.2) is 24.5 Å². The van der Waals surface area contributed by atoms with Gasteiger partial charge in [-0.1, -0.05) is 41.9 Å². The number of halogens is 2. The first-order valence-corrected chi connectivity index (χ1v) is 10.9. The highest BCUT2D eigenvalue weighted by Crippen LogP contribution is 2.28. The van der Waals surface area contributed by atoms with E-state index in [0.29, 0.717) is 29.4 Å². The van der Waals surface area contributed by atoms with Crippen molar-refractivity contribution < 1.29 is 23.5 Å². The summed E-state index contributed by atoms with van der Waals surface area (Å²) in [6.45, 7) is 2.23. The van der Waals surface area contributed by atoms with Gasteiger partial charge < -0.3 is 4.74 Å². The lowest BCUT2D eigenvalue weighted by molar-refractivity contribution is -0.122. The molecule has 1 N–H and O–H groups in total. The van der Waals surface area contributed by atoms with Gasteiger partial charge in [-0.3, -0.25) is 14.9 Å². The van der Waals surface area contributed by atoms with Crippen molar-refractivity contribution in [3.8, 4) is 5.75 Å². The maximum absolute atomic E-state index is 13.6. The second-order valence-corrected chi connectivity index (χ2v) is 7.98. The minimum atomic E-state index is -0.852. The maximum Gasteiger partial charge on any atom is 0.335 e. The number of nitrogens with zero attached hydrogens (tertiary/aromatic N) is 1. The number of nitrogens with one attached hydrogen (secondary N) is 1. The van der Waals surface area contributed by atoms with Crippen LogP contribution < -0.4 is 15.0 Å². The van der Waals surface area contributed by atoms with Gasteiger partial charge in [0, 0.05) is 11.4 Å². The predicted octanol–water partition coefficient (Wildman–Crippen LogP) is 5.14. The fourth-order valence-corrected chi connectivity index (χ4v) is 3.82. The van der Waals surface area contributed by atoms with Gasteiger partial charge in [-0.25, -0.2) is 14.1 Å². The Labute approximate surface area is 200 Å². The van der Waals surface area contributed by atoms with Crippen LogP contribution in [0.3, 0.4) is 0 Å². The number of benzene rings is 3. The summed E-state index contributed by atoms with van der Waals surface area (Å²) in [4.78, 5) is 38.8. The number of imide groups is 2. The van der Waals surface area contributed by atoms with Gasteiger partial charge in [-0.05, 0) is 66.1 Å². The molecule has 0 unspecified atom stereocenters. The third kappa shape index (κ3) is 5.00. The van der Waals surface area contributed by atoms with Gasteiger partial charge in [-0.2, -0.15) is 0 Å². The Hall–Kier alpha value is -3.97. The lowest BCUT2D eigenvalue weighted by Gasteiger charge is -2.26. The molecule has 1 heterocycles. The topological polar surface area (TPSA) is 75.7 Å². The van der Waals surface area contributed by atoms with Gasteiger partial charge in [-0.15, -0.1) is 0 Å². The van der Waals surface area contributed by atoms with E-state index in [2.05, 4.69) is 5.32 Å².